The van der Waals surface area contributed by atoms with Crippen molar-refractivity contribution < 1.29 is 5.11 Å². The van der Waals surface area contributed by atoms with Crippen LogP contribution in [0.2, 0.25) is 0 Å². The standard InChI is InChI=1S/C10H14OS2/c1-6-5-8(11)10(13-4)7(2)9(6)12-3/h5,11H,1-4H3. The number of aromatic hydroxyl groups is 1. The Morgan fingerprint density at radius 1 is 1.08 bits per heavy atom. The molecule has 0 spiro atoms. The molecule has 0 saturated heterocycles. The molecule has 0 aliphatic heterocycles. The summed E-state index contributed by atoms with van der Waals surface area (Å²) in [6.07, 6.45) is 4.05. The summed E-state index contributed by atoms with van der Waals surface area (Å²) in [5.41, 5.74) is 2.35. The maximum atomic E-state index is 9.66. The highest BCUT2D eigenvalue weighted by Crippen LogP contribution is 2.37. The van der Waals surface area contributed by atoms with Crippen molar-refractivity contribution in [2.75, 3.05) is 12.5 Å². The van der Waals surface area contributed by atoms with Gasteiger partial charge in [-0.3, -0.25) is 0 Å². The summed E-state index contributed by atoms with van der Waals surface area (Å²) >= 11 is 3.33. The van der Waals surface area contributed by atoms with Gasteiger partial charge < -0.3 is 5.11 Å². The Morgan fingerprint density at radius 2 is 1.62 bits per heavy atom. The molecule has 0 bridgehead atoms. The first kappa shape index (κ1) is 10.8. The summed E-state index contributed by atoms with van der Waals surface area (Å²) in [4.78, 5) is 2.28. The van der Waals surface area contributed by atoms with Crippen LogP contribution in [0.4, 0.5) is 0 Å². The van der Waals surface area contributed by atoms with Gasteiger partial charge in [0.15, 0.2) is 0 Å². The molecule has 3 heteroatoms. The van der Waals surface area contributed by atoms with E-state index in [9.17, 15) is 5.11 Å². The average Bonchev–Trinajstić information content (AvgIpc) is 2.04. The Kier molecular flexibility index (Phi) is 3.56. The second-order valence-electron chi connectivity index (χ2n) is 2.90. The second-order valence-corrected chi connectivity index (χ2v) is 4.54. The minimum Gasteiger partial charge on any atom is -0.507 e. The third kappa shape index (κ3) is 1.97. The van der Waals surface area contributed by atoms with Gasteiger partial charge in [-0.25, -0.2) is 0 Å². The van der Waals surface area contributed by atoms with E-state index in [2.05, 4.69) is 13.2 Å². The number of phenols is 1. The van der Waals surface area contributed by atoms with Crippen LogP contribution in [-0.4, -0.2) is 17.6 Å². The topological polar surface area (TPSA) is 20.2 Å². The second kappa shape index (κ2) is 4.29. The molecule has 72 valence electrons. The lowest BCUT2D eigenvalue weighted by Gasteiger charge is -2.12. The van der Waals surface area contributed by atoms with Crippen molar-refractivity contribution in [1.82, 2.24) is 0 Å². The Balaban J connectivity index is 3.39. The number of thioether (sulfide) groups is 2. The van der Waals surface area contributed by atoms with E-state index in [1.54, 1.807) is 23.5 Å². The molecule has 1 aromatic carbocycles. The molecule has 0 radical (unpaired) electrons. The van der Waals surface area contributed by atoms with E-state index < -0.39 is 0 Å². The van der Waals surface area contributed by atoms with Gasteiger partial charge in [0.05, 0.1) is 4.90 Å². The van der Waals surface area contributed by atoms with Crippen molar-refractivity contribution in [3.63, 3.8) is 0 Å². The van der Waals surface area contributed by atoms with E-state index in [1.165, 1.54) is 10.5 Å². The lowest BCUT2D eigenvalue weighted by atomic mass is 10.1. The van der Waals surface area contributed by atoms with Crippen molar-refractivity contribution in [2.45, 2.75) is 23.6 Å². The fourth-order valence-electron chi connectivity index (χ4n) is 1.50. The number of hydrogen-bond donors (Lipinski definition) is 1. The van der Waals surface area contributed by atoms with Crippen LogP contribution >= 0.6 is 23.5 Å². The third-order valence-electron chi connectivity index (χ3n) is 2.03. The Bertz CT molecular complexity index is 293. The van der Waals surface area contributed by atoms with E-state index in [0.29, 0.717) is 5.75 Å². The van der Waals surface area contributed by atoms with Gasteiger partial charge in [0.2, 0.25) is 0 Å². The first-order valence-corrected chi connectivity index (χ1v) is 6.48. The quantitative estimate of drug-likeness (QED) is 0.761. The van der Waals surface area contributed by atoms with Gasteiger partial charge >= 0.3 is 0 Å². The zero-order valence-corrected chi connectivity index (χ0v) is 9.97. The van der Waals surface area contributed by atoms with Crippen LogP contribution in [-0.2, 0) is 0 Å². The van der Waals surface area contributed by atoms with Crippen LogP contribution in [0, 0.1) is 13.8 Å². The minimum atomic E-state index is 0.403. The predicted octanol–water partition coefficient (Wildman–Crippen LogP) is 3.45. The molecule has 1 rings (SSSR count). The molecular weight excluding hydrogens is 200 g/mol. The maximum absolute atomic E-state index is 9.66. The van der Waals surface area contributed by atoms with Crippen molar-refractivity contribution in [3.05, 3.63) is 17.2 Å². The summed E-state index contributed by atoms with van der Waals surface area (Å²) in [7, 11) is 0. The molecule has 0 aliphatic carbocycles. The highest BCUT2D eigenvalue weighted by atomic mass is 32.2. The number of rotatable bonds is 2. The molecule has 0 unspecified atom stereocenters. The van der Waals surface area contributed by atoms with E-state index >= 15 is 0 Å². The predicted molar refractivity (Wildman–Crippen MR) is 61.1 cm³/mol. The molecule has 0 aromatic heterocycles. The maximum Gasteiger partial charge on any atom is 0.129 e. The van der Waals surface area contributed by atoms with Gasteiger partial charge in [-0.15, -0.1) is 23.5 Å². The summed E-state index contributed by atoms with van der Waals surface area (Å²) in [5.74, 6) is 0.403. The van der Waals surface area contributed by atoms with Crippen LogP contribution in [0.5, 0.6) is 5.75 Å². The highest BCUT2D eigenvalue weighted by Gasteiger charge is 2.10. The fraction of sp³-hybridized carbons (Fsp3) is 0.400. The zero-order chi connectivity index (χ0) is 10.0. The molecular formula is C10H14OS2. The number of phenolic OH excluding ortho intramolecular Hbond substituents is 1. The largest absolute Gasteiger partial charge is 0.507 e. The first-order valence-electron chi connectivity index (χ1n) is 4.03. The molecule has 1 nitrogen and oxygen atoms in total. The summed E-state index contributed by atoms with van der Waals surface area (Å²) in [6.45, 7) is 4.09. The Hall–Kier alpha value is -0.280. The van der Waals surface area contributed by atoms with E-state index in [0.717, 1.165) is 10.5 Å². The number of aryl methyl sites for hydroxylation is 1. The summed E-state index contributed by atoms with van der Waals surface area (Å²) < 4.78 is 0. The number of hydrogen-bond acceptors (Lipinski definition) is 3. The van der Waals surface area contributed by atoms with Gasteiger partial charge in [-0.1, -0.05) is 0 Å². The zero-order valence-electron chi connectivity index (χ0n) is 8.34. The SMILES string of the molecule is CSc1c(C)cc(O)c(SC)c1C. The Morgan fingerprint density at radius 3 is 2.08 bits per heavy atom. The summed E-state index contributed by atoms with van der Waals surface area (Å²) in [5, 5.41) is 9.66. The minimum absolute atomic E-state index is 0.403. The molecule has 0 aliphatic rings. The fourth-order valence-corrected chi connectivity index (χ4v) is 3.03. The monoisotopic (exact) mass is 214 g/mol. The molecule has 0 fully saturated rings. The van der Waals surface area contributed by atoms with Crippen LogP contribution in [0.15, 0.2) is 15.9 Å². The normalized spacial score (nSPS) is 10.5. The average molecular weight is 214 g/mol. The molecule has 0 saturated carbocycles. The van der Waals surface area contributed by atoms with Gasteiger partial charge in [-0.05, 0) is 43.6 Å². The third-order valence-corrected chi connectivity index (χ3v) is 3.99. The van der Waals surface area contributed by atoms with E-state index in [-0.39, 0.29) is 0 Å². The van der Waals surface area contributed by atoms with E-state index in [4.69, 9.17) is 0 Å². The molecule has 13 heavy (non-hydrogen) atoms. The lowest BCUT2D eigenvalue weighted by molar-refractivity contribution is 0.460. The smallest absolute Gasteiger partial charge is 0.129 e. The van der Waals surface area contributed by atoms with Crippen LogP contribution in [0.25, 0.3) is 0 Å². The van der Waals surface area contributed by atoms with Crippen LogP contribution < -0.4 is 0 Å². The van der Waals surface area contributed by atoms with Gasteiger partial charge in [0.1, 0.15) is 5.75 Å². The number of benzene rings is 1. The lowest BCUT2D eigenvalue weighted by Crippen LogP contribution is -1.88. The molecule has 1 N–H and O–H groups in total. The molecule has 1 aromatic rings. The van der Waals surface area contributed by atoms with E-state index in [1.807, 2.05) is 19.2 Å². The molecule has 0 amide bonds. The highest BCUT2D eigenvalue weighted by molar-refractivity contribution is 7.99. The van der Waals surface area contributed by atoms with Crippen molar-refractivity contribution in [2.24, 2.45) is 0 Å². The van der Waals surface area contributed by atoms with Gasteiger partial charge in [0, 0.05) is 4.90 Å². The molecule has 0 atom stereocenters. The van der Waals surface area contributed by atoms with Gasteiger partial charge in [-0.2, -0.15) is 0 Å². The summed E-state index contributed by atoms with van der Waals surface area (Å²) in [6, 6.07) is 1.84. The Labute approximate surface area is 87.9 Å². The van der Waals surface area contributed by atoms with Crippen molar-refractivity contribution in [1.29, 1.82) is 0 Å². The first-order chi connectivity index (χ1) is 6.11. The van der Waals surface area contributed by atoms with Crippen molar-refractivity contribution >= 4 is 23.5 Å². The van der Waals surface area contributed by atoms with Crippen LogP contribution in [0.1, 0.15) is 11.1 Å². The van der Waals surface area contributed by atoms with Crippen molar-refractivity contribution in [3.8, 4) is 5.75 Å². The van der Waals surface area contributed by atoms with Crippen LogP contribution in [0.3, 0.4) is 0 Å². The van der Waals surface area contributed by atoms with Gasteiger partial charge in [0.25, 0.3) is 0 Å². The molecule has 0 heterocycles.